The van der Waals surface area contributed by atoms with Crippen molar-refractivity contribution in [1.29, 1.82) is 0 Å². The van der Waals surface area contributed by atoms with Gasteiger partial charge in [0.2, 0.25) is 0 Å². The van der Waals surface area contributed by atoms with Gasteiger partial charge in [0.25, 0.3) is 0 Å². The van der Waals surface area contributed by atoms with Gasteiger partial charge in [-0.05, 0) is 26.2 Å². The van der Waals surface area contributed by atoms with Crippen molar-refractivity contribution in [3.63, 3.8) is 0 Å². The zero-order chi connectivity index (χ0) is 12.4. The molecule has 1 heterocycles. The number of aromatic nitrogens is 1. The fourth-order valence-corrected chi connectivity index (χ4v) is 1.80. The first-order valence-electron chi connectivity index (χ1n) is 5.56. The summed E-state index contributed by atoms with van der Waals surface area (Å²) in [4.78, 5) is 25.3. The molecule has 1 saturated carbocycles. The summed E-state index contributed by atoms with van der Waals surface area (Å²) in [5, 5.41) is 14.3. The van der Waals surface area contributed by atoms with Gasteiger partial charge in [0.05, 0.1) is 5.69 Å². The Hall–Kier alpha value is -1.98. The van der Waals surface area contributed by atoms with E-state index in [4.69, 9.17) is 5.11 Å². The Morgan fingerprint density at radius 2 is 2.18 bits per heavy atom. The van der Waals surface area contributed by atoms with E-state index in [1.165, 1.54) is 6.20 Å². The van der Waals surface area contributed by atoms with E-state index in [0.29, 0.717) is 11.4 Å². The van der Waals surface area contributed by atoms with Crippen LogP contribution >= 0.6 is 0 Å². The van der Waals surface area contributed by atoms with Gasteiger partial charge in [-0.2, -0.15) is 0 Å². The maximum atomic E-state index is 11.6. The van der Waals surface area contributed by atoms with Crippen molar-refractivity contribution in [2.24, 2.45) is 0 Å². The van der Waals surface area contributed by atoms with Gasteiger partial charge in [-0.15, -0.1) is 0 Å². The van der Waals surface area contributed by atoms with Gasteiger partial charge >= 0.3 is 12.0 Å². The number of carboxylic acid groups (broad SMARTS) is 1. The molecular formula is C11H15N3O3. The SMILES string of the molecule is Cc1[nH]cc(NC(=O)NC2CCC2)c1C(=O)O. The highest BCUT2D eigenvalue weighted by atomic mass is 16.4. The molecule has 0 aromatic carbocycles. The van der Waals surface area contributed by atoms with Crippen LogP contribution in [0.5, 0.6) is 0 Å². The van der Waals surface area contributed by atoms with Crippen molar-refractivity contribution in [1.82, 2.24) is 10.3 Å². The van der Waals surface area contributed by atoms with E-state index in [0.717, 1.165) is 19.3 Å². The summed E-state index contributed by atoms with van der Waals surface area (Å²) in [5.74, 6) is -1.05. The summed E-state index contributed by atoms with van der Waals surface area (Å²) < 4.78 is 0. The van der Waals surface area contributed by atoms with E-state index in [9.17, 15) is 9.59 Å². The molecule has 1 aromatic heterocycles. The molecular weight excluding hydrogens is 222 g/mol. The topological polar surface area (TPSA) is 94.2 Å². The first-order chi connectivity index (χ1) is 8.08. The zero-order valence-electron chi connectivity index (χ0n) is 9.54. The normalized spacial score (nSPS) is 15.1. The lowest BCUT2D eigenvalue weighted by Gasteiger charge is -2.26. The highest BCUT2D eigenvalue weighted by molar-refractivity contribution is 6.01. The third-order valence-corrected chi connectivity index (χ3v) is 2.98. The smallest absolute Gasteiger partial charge is 0.339 e. The third-order valence-electron chi connectivity index (χ3n) is 2.98. The molecule has 17 heavy (non-hydrogen) atoms. The average Bonchev–Trinajstić information content (AvgIpc) is 2.53. The molecule has 0 unspecified atom stereocenters. The number of hydrogen-bond donors (Lipinski definition) is 4. The number of H-pyrrole nitrogens is 1. The van der Waals surface area contributed by atoms with Crippen LogP contribution in [0.3, 0.4) is 0 Å². The highest BCUT2D eigenvalue weighted by Gasteiger charge is 2.21. The van der Waals surface area contributed by atoms with Crippen molar-refractivity contribution in [3.8, 4) is 0 Å². The Labute approximate surface area is 98.4 Å². The second-order valence-corrected chi connectivity index (χ2v) is 4.23. The van der Waals surface area contributed by atoms with E-state index in [2.05, 4.69) is 15.6 Å². The number of urea groups is 1. The van der Waals surface area contributed by atoms with Crippen LogP contribution in [-0.4, -0.2) is 28.1 Å². The van der Waals surface area contributed by atoms with E-state index in [1.807, 2.05) is 0 Å². The molecule has 1 aromatic rings. The minimum absolute atomic E-state index is 0.105. The molecule has 1 fully saturated rings. The second-order valence-electron chi connectivity index (χ2n) is 4.23. The molecule has 0 atom stereocenters. The maximum Gasteiger partial charge on any atom is 0.339 e. The minimum atomic E-state index is -1.05. The molecule has 1 aliphatic rings. The van der Waals surface area contributed by atoms with E-state index in [-0.39, 0.29) is 17.6 Å². The standard InChI is InChI=1S/C11H15N3O3/c1-6-9(10(15)16)8(5-12-6)14-11(17)13-7-3-2-4-7/h5,7,12H,2-4H2,1H3,(H,15,16)(H2,13,14,17). The minimum Gasteiger partial charge on any atom is -0.478 e. The Bertz CT molecular complexity index is 449. The molecule has 0 bridgehead atoms. The molecule has 4 N–H and O–H groups in total. The molecule has 6 nitrogen and oxygen atoms in total. The largest absolute Gasteiger partial charge is 0.478 e. The van der Waals surface area contributed by atoms with Crippen molar-refractivity contribution in [2.45, 2.75) is 32.2 Å². The van der Waals surface area contributed by atoms with Crippen LogP contribution in [0.4, 0.5) is 10.5 Å². The Balaban J connectivity index is 2.02. The number of amides is 2. The Kier molecular flexibility index (Phi) is 3.03. The molecule has 0 radical (unpaired) electrons. The molecule has 0 spiro atoms. The van der Waals surface area contributed by atoms with Crippen molar-refractivity contribution in [3.05, 3.63) is 17.5 Å². The van der Waals surface area contributed by atoms with Gasteiger partial charge in [0.1, 0.15) is 5.56 Å². The first-order valence-corrected chi connectivity index (χ1v) is 5.56. The second kappa shape index (κ2) is 4.48. The van der Waals surface area contributed by atoms with Crippen LogP contribution in [0, 0.1) is 6.92 Å². The number of carbonyl (C=O) groups is 2. The van der Waals surface area contributed by atoms with Gasteiger partial charge in [0.15, 0.2) is 0 Å². The van der Waals surface area contributed by atoms with Crippen LogP contribution in [0.25, 0.3) is 0 Å². The monoisotopic (exact) mass is 237 g/mol. The molecule has 6 heteroatoms. The summed E-state index contributed by atoms with van der Waals surface area (Å²) in [6, 6.07) is -0.125. The van der Waals surface area contributed by atoms with Crippen LogP contribution in [0.1, 0.15) is 35.3 Å². The maximum absolute atomic E-state index is 11.6. The highest BCUT2D eigenvalue weighted by Crippen LogP contribution is 2.20. The van der Waals surface area contributed by atoms with Crippen LogP contribution in [-0.2, 0) is 0 Å². The van der Waals surface area contributed by atoms with Gasteiger partial charge in [0, 0.05) is 17.9 Å². The van der Waals surface area contributed by atoms with Gasteiger partial charge in [-0.3, -0.25) is 0 Å². The van der Waals surface area contributed by atoms with E-state index in [1.54, 1.807) is 6.92 Å². The fraction of sp³-hybridized carbons (Fsp3) is 0.455. The quantitative estimate of drug-likeness (QED) is 0.644. The molecule has 0 saturated heterocycles. The summed E-state index contributed by atoms with van der Waals surface area (Å²) in [6.07, 6.45) is 4.60. The molecule has 1 aliphatic carbocycles. The molecule has 0 aliphatic heterocycles. The number of aryl methyl sites for hydroxylation is 1. The summed E-state index contributed by atoms with van der Waals surface area (Å²) in [5.41, 5.74) is 0.928. The number of rotatable bonds is 3. The van der Waals surface area contributed by atoms with Gasteiger partial charge in [-0.1, -0.05) is 0 Å². The Morgan fingerprint density at radius 1 is 1.47 bits per heavy atom. The number of aromatic amines is 1. The number of aromatic carboxylic acids is 1. The summed E-state index contributed by atoms with van der Waals surface area (Å²) in [7, 11) is 0. The van der Waals surface area contributed by atoms with Crippen molar-refractivity contribution in [2.75, 3.05) is 5.32 Å². The lowest BCUT2D eigenvalue weighted by molar-refractivity contribution is 0.0697. The number of carboxylic acids is 1. The Morgan fingerprint density at radius 3 is 2.71 bits per heavy atom. The molecule has 2 rings (SSSR count). The summed E-state index contributed by atoms with van der Waals surface area (Å²) in [6.45, 7) is 1.65. The fourth-order valence-electron chi connectivity index (χ4n) is 1.80. The lowest BCUT2D eigenvalue weighted by atomic mass is 9.93. The first kappa shape index (κ1) is 11.5. The zero-order valence-corrected chi connectivity index (χ0v) is 9.54. The van der Waals surface area contributed by atoms with Crippen LogP contribution < -0.4 is 10.6 Å². The number of anilines is 1. The van der Waals surface area contributed by atoms with E-state index >= 15 is 0 Å². The van der Waals surface area contributed by atoms with Crippen molar-refractivity contribution < 1.29 is 14.7 Å². The van der Waals surface area contributed by atoms with Crippen molar-refractivity contribution >= 4 is 17.7 Å². The number of hydrogen-bond acceptors (Lipinski definition) is 2. The predicted octanol–water partition coefficient (Wildman–Crippen LogP) is 1.70. The van der Waals surface area contributed by atoms with Gasteiger partial charge < -0.3 is 20.7 Å². The third kappa shape index (κ3) is 2.41. The lowest BCUT2D eigenvalue weighted by Crippen LogP contribution is -2.42. The van der Waals surface area contributed by atoms with E-state index < -0.39 is 5.97 Å². The molecule has 92 valence electrons. The molecule has 2 amide bonds. The summed E-state index contributed by atoms with van der Waals surface area (Å²) >= 11 is 0. The number of carbonyl (C=O) groups excluding carboxylic acids is 1. The number of nitrogens with one attached hydrogen (secondary N) is 3. The predicted molar refractivity (Wildman–Crippen MR) is 62.3 cm³/mol. The van der Waals surface area contributed by atoms with Crippen LogP contribution in [0.2, 0.25) is 0 Å². The average molecular weight is 237 g/mol. The van der Waals surface area contributed by atoms with Crippen LogP contribution in [0.15, 0.2) is 6.20 Å². The van der Waals surface area contributed by atoms with Gasteiger partial charge in [-0.25, -0.2) is 9.59 Å².